The quantitative estimate of drug-likeness (QED) is 0.389. The topological polar surface area (TPSA) is 94.2 Å². The number of rotatable bonds is 6. The molecule has 3 rings (SSSR count). The van der Waals surface area contributed by atoms with Crippen LogP contribution in [0.4, 0.5) is 10.1 Å². The summed E-state index contributed by atoms with van der Waals surface area (Å²) >= 11 is 0. The van der Waals surface area contributed by atoms with Crippen molar-refractivity contribution in [2.24, 2.45) is 0 Å². The largest absolute Gasteiger partial charge is 0.506 e. The molecule has 0 bridgehead atoms. The van der Waals surface area contributed by atoms with Crippen LogP contribution in [0.2, 0.25) is 0 Å². The van der Waals surface area contributed by atoms with Crippen LogP contribution < -0.4 is 10.6 Å². The SMILES string of the molecule is C=CC(=O)Nc1cc(C(=O)NCCc2c(C)[nH]c3ccc(F)cc23)ccc1O. The third-order valence-electron chi connectivity index (χ3n) is 4.44. The van der Waals surface area contributed by atoms with Gasteiger partial charge in [-0.05, 0) is 61.4 Å². The van der Waals surface area contributed by atoms with Crippen LogP contribution >= 0.6 is 0 Å². The van der Waals surface area contributed by atoms with E-state index in [2.05, 4.69) is 22.2 Å². The smallest absolute Gasteiger partial charge is 0.251 e. The minimum absolute atomic E-state index is 0.125. The lowest BCUT2D eigenvalue weighted by molar-refractivity contribution is -0.111. The fourth-order valence-corrected chi connectivity index (χ4v) is 3.04. The highest BCUT2D eigenvalue weighted by Crippen LogP contribution is 2.25. The number of aromatic hydroxyl groups is 1. The molecule has 0 aliphatic carbocycles. The first-order valence-electron chi connectivity index (χ1n) is 8.70. The van der Waals surface area contributed by atoms with Crippen LogP contribution in [0.3, 0.4) is 0 Å². The van der Waals surface area contributed by atoms with E-state index >= 15 is 0 Å². The highest BCUT2D eigenvalue weighted by molar-refractivity contribution is 6.02. The molecule has 0 unspecified atom stereocenters. The molecular formula is C21H20FN3O3. The predicted octanol–water partition coefficient (Wildman–Crippen LogP) is 3.42. The maximum atomic E-state index is 13.5. The normalized spacial score (nSPS) is 10.6. The second-order valence-electron chi connectivity index (χ2n) is 6.35. The van der Waals surface area contributed by atoms with Crippen molar-refractivity contribution in [1.82, 2.24) is 10.3 Å². The van der Waals surface area contributed by atoms with Gasteiger partial charge in [0, 0.05) is 28.7 Å². The molecule has 28 heavy (non-hydrogen) atoms. The molecule has 0 saturated heterocycles. The maximum absolute atomic E-state index is 13.5. The average molecular weight is 381 g/mol. The standard InChI is InChI=1S/C21H20FN3O3/c1-3-20(27)25-18-10-13(4-7-19(18)26)21(28)23-9-8-15-12(2)24-17-6-5-14(22)11-16(15)17/h3-7,10-11,24,26H,1,8-9H2,2H3,(H,23,28)(H,25,27). The van der Waals surface area contributed by atoms with Gasteiger partial charge in [0.1, 0.15) is 11.6 Å². The molecule has 3 aromatic rings. The summed E-state index contributed by atoms with van der Waals surface area (Å²) < 4.78 is 13.5. The van der Waals surface area contributed by atoms with E-state index in [1.54, 1.807) is 6.07 Å². The zero-order chi connectivity index (χ0) is 20.3. The van der Waals surface area contributed by atoms with Gasteiger partial charge in [0.15, 0.2) is 0 Å². The second-order valence-corrected chi connectivity index (χ2v) is 6.35. The number of carbonyl (C=O) groups is 2. The van der Waals surface area contributed by atoms with Crippen LogP contribution in [-0.2, 0) is 11.2 Å². The van der Waals surface area contributed by atoms with Gasteiger partial charge in [0.25, 0.3) is 5.91 Å². The number of aromatic amines is 1. The number of hydrogen-bond acceptors (Lipinski definition) is 3. The van der Waals surface area contributed by atoms with Crippen molar-refractivity contribution in [2.75, 3.05) is 11.9 Å². The first-order chi connectivity index (χ1) is 13.4. The number of anilines is 1. The molecule has 2 amide bonds. The highest BCUT2D eigenvalue weighted by atomic mass is 19.1. The molecule has 0 aliphatic heterocycles. The molecule has 1 aromatic heterocycles. The number of aromatic nitrogens is 1. The van der Waals surface area contributed by atoms with E-state index in [0.29, 0.717) is 18.5 Å². The van der Waals surface area contributed by atoms with Crippen LogP contribution in [0.1, 0.15) is 21.6 Å². The number of phenols is 1. The summed E-state index contributed by atoms with van der Waals surface area (Å²) in [6.07, 6.45) is 1.59. The molecule has 0 aliphatic rings. The molecule has 0 saturated carbocycles. The Hall–Kier alpha value is -3.61. The molecule has 4 N–H and O–H groups in total. The first-order valence-corrected chi connectivity index (χ1v) is 8.70. The summed E-state index contributed by atoms with van der Waals surface area (Å²) in [6, 6.07) is 8.75. The molecule has 0 atom stereocenters. The fraction of sp³-hybridized carbons (Fsp3) is 0.143. The zero-order valence-electron chi connectivity index (χ0n) is 15.3. The van der Waals surface area contributed by atoms with Gasteiger partial charge in [-0.1, -0.05) is 6.58 Å². The number of benzene rings is 2. The minimum Gasteiger partial charge on any atom is -0.506 e. The number of hydrogen-bond donors (Lipinski definition) is 4. The van der Waals surface area contributed by atoms with E-state index in [4.69, 9.17) is 0 Å². The highest BCUT2D eigenvalue weighted by Gasteiger charge is 2.12. The Morgan fingerprint density at radius 1 is 1.25 bits per heavy atom. The Morgan fingerprint density at radius 2 is 2.04 bits per heavy atom. The predicted molar refractivity (Wildman–Crippen MR) is 106 cm³/mol. The Kier molecular flexibility index (Phi) is 5.44. The second kappa shape index (κ2) is 7.96. The summed E-state index contributed by atoms with van der Waals surface area (Å²) in [7, 11) is 0. The van der Waals surface area contributed by atoms with E-state index < -0.39 is 5.91 Å². The van der Waals surface area contributed by atoms with Gasteiger partial charge < -0.3 is 20.7 Å². The average Bonchev–Trinajstić information content (AvgIpc) is 2.98. The number of amides is 2. The van der Waals surface area contributed by atoms with Crippen molar-refractivity contribution < 1.29 is 19.1 Å². The van der Waals surface area contributed by atoms with Gasteiger partial charge in [-0.15, -0.1) is 0 Å². The van der Waals surface area contributed by atoms with Crippen LogP contribution in [0, 0.1) is 12.7 Å². The first kappa shape index (κ1) is 19.2. The molecule has 0 fully saturated rings. The van der Waals surface area contributed by atoms with Crippen LogP contribution in [0.5, 0.6) is 5.75 Å². The van der Waals surface area contributed by atoms with Crippen LogP contribution in [-0.4, -0.2) is 28.4 Å². The van der Waals surface area contributed by atoms with Crippen molar-refractivity contribution in [3.8, 4) is 5.75 Å². The summed E-state index contributed by atoms with van der Waals surface area (Å²) in [5, 5.41) is 15.8. The number of aryl methyl sites for hydroxylation is 1. The van der Waals surface area contributed by atoms with Gasteiger partial charge in [-0.25, -0.2) is 4.39 Å². The molecular weight excluding hydrogens is 361 g/mol. The van der Waals surface area contributed by atoms with E-state index in [9.17, 15) is 19.1 Å². The monoisotopic (exact) mass is 381 g/mol. The third-order valence-corrected chi connectivity index (χ3v) is 4.44. The van der Waals surface area contributed by atoms with Crippen molar-refractivity contribution in [2.45, 2.75) is 13.3 Å². The molecule has 7 heteroatoms. The van der Waals surface area contributed by atoms with Crippen molar-refractivity contribution in [1.29, 1.82) is 0 Å². The molecule has 2 aromatic carbocycles. The number of nitrogens with one attached hydrogen (secondary N) is 3. The Morgan fingerprint density at radius 3 is 2.79 bits per heavy atom. The number of halogens is 1. The number of carbonyl (C=O) groups excluding carboxylic acids is 2. The molecule has 0 spiro atoms. The van der Waals surface area contributed by atoms with E-state index in [1.165, 1.54) is 30.3 Å². The number of fused-ring (bicyclic) bond motifs is 1. The number of phenolic OH excluding ortho intramolecular Hbond substituents is 1. The molecule has 0 radical (unpaired) electrons. The number of H-pyrrole nitrogens is 1. The Labute approximate surface area is 161 Å². The lowest BCUT2D eigenvalue weighted by atomic mass is 10.1. The summed E-state index contributed by atoms with van der Waals surface area (Å²) in [4.78, 5) is 27.0. The van der Waals surface area contributed by atoms with Gasteiger partial charge in [0.2, 0.25) is 5.91 Å². The van der Waals surface area contributed by atoms with E-state index in [-0.39, 0.29) is 23.2 Å². The Bertz CT molecular complexity index is 1070. The van der Waals surface area contributed by atoms with Gasteiger partial charge >= 0.3 is 0 Å². The lowest BCUT2D eigenvalue weighted by Crippen LogP contribution is -2.26. The van der Waals surface area contributed by atoms with Crippen LogP contribution in [0.25, 0.3) is 10.9 Å². The summed E-state index contributed by atoms with van der Waals surface area (Å²) in [6.45, 7) is 5.60. The summed E-state index contributed by atoms with van der Waals surface area (Å²) in [5.74, 6) is -1.30. The molecule has 144 valence electrons. The maximum Gasteiger partial charge on any atom is 0.251 e. The van der Waals surface area contributed by atoms with Crippen molar-refractivity contribution >= 4 is 28.4 Å². The zero-order valence-corrected chi connectivity index (χ0v) is 15.3. The van der Waals surface area contributed by atoms with Gasteiger partial charge in [0.05, 0.1) is 5.69 Å². The van der Waals surface area contributed by atoms with Gasteiger partial charge in [-0.2, -0.15) is 0 Å². The minimum atomic E-state index is -0.491. The lowest BCUT2D eigenvalue weighted by Gasteiger charge is -2.09. The van der Waals surface area contributed by atoms with Crippen molar-refractivity contribution in [3.63, 3.8) is 0 Å². The van der Waals surface area contributed by atoms with Crippen LogP contribution in [0.15, 0.2) is 49.1 Å². The van der Waals surface area contributed by atoms with E-state index in [1.807, 2.05) is 6.92 Å². The van der Waals surface area contributed by atoms with E-state index in [0.717, 1.165) is 28.2 Å². The fourth-order valence-electron chi connectivity index (χ4n) is 3.04. The molecule has 6 nitrogen and oxygen atoms in total. The van der Waals surface area contributed by atoms with Crippen molar-refractivity contribution in [3.05, 3.63) is 71.7 Å². The Balaban J connectivity index is 1.69. The van der Waals surface area contributed by atoms with Gasteiger partial charge in [-0.3, -0.25) is 9.59 Å². The molecule has 1 heterocycles. The third kappa shape index (κ3) is 4.03. The summed E-state index contributed by atoms with van der Waals surface area (Å²) in [5.41, 5.74) is 3.13.